The summed E-state index contributed by atoms with van der Waals surface area (Å²) in [6.45, 7) is 7.93. The Hall–Kier alpha value is -4.60. The maximum Gasteiger partial charge on any atom is 0.243 e. The van der Waals surface area contributed by atoms with E-state index in [-0.39, 0.29) is 38.1 Å². The van der Waals surface area contributed by atoms with Crippen molar-refractivity contribution in [2.75, 3.05) is 6.54 Å². The predicted octanol–water partition coefficient (Wildman–Crippen LogP) is 5.92. The molecule has 0 aliphatic rings. The largest absolute Gasteiger partial charge is 0.379 e. The number of nitrogens with one attached hydrogen (secondary N) is 4. The first-order chi connectivity index (χ1) is 23.2. The van der Waals surface area contributed by atoms with Gasteiger partial charge in [-0.25, -0.2) is 4.39 Å². The zero-order chi connectivity index (χ0) is 34.7. The van der Waals surface area contributed by atoms with E-state index >= 15 is 0 Å². The number of aliphatic hydroxyl groups excluding tert-OH is 1. The maximum absolute atomic E-state index is 13.8. The van der Waals surface area contributed by atoms with E-state index in [4.69, 9.17) is 0 Å². The van der Waals surface area contributed by atoms with Gasteiger partial charge in [-0.05, 0) is 72.7 Å². The van der Waals surface area contributed by atoms with Crippen LogP contribution in [0.3, 0.4) is 0 Å². The SMILES string of the molecule is C=C(F)/C=C\C(=C/C)CC(NC(=O)[C@H](CCC(O)NCCCC)NC(=O)CCc1ccccc1)C(=O)NCc1cccc2ccccc12. The third-order valence-corrected chi connectivity index (χ3v) is 8.03. The van der Waals surface area contributed by atoms with Crippen LogP contribution in [0.2, 0.25) is 0 Å². The van der Waals surface area contributed by atoms with Crippen molar-refractivity contribution in [2.24, 2.45) is 0 Å². The molecule has 5 N–H and O–H groups in total. The Morgan fingerprint density at radius 1 is 0.896 bits per heavy atom. The van der Waals surface area contributed by atoms with Gasteiger partial charge in [0.25, 0.3) is 0 Å². The van der Waals surface area contributed by atoms with Gasteiger partial charge in [-0.3, -0.25) is 19.7 Å². The number of carbonyl (C=O) groups is 3. The summed E-state index contributed by atoms with van der Waals surface area (Å²) >= 11 is 0. The van der Waals surface area contributed by atoms with Crippen molar-refractivity contribution in [3.8, 4) is 0 Å². The number of carbonyl (C=O) groups excluding carboxylic acids is 3. The van der Waals surface area contributed by atoms with Crippen LogP contribution < -0.4 is 21.3 Å². The molecule has 0 aromatic heterocycles. The molecule has 8 nitrogen and oxygen atoms in total. The normalized spacial score (nSPS) is 13.5. The molecule has 256 valence electrons. The van der Waals surface area contributed by atoms with Crippen molar-refractivity contribution in [1.29, 1.82) is 0 Å². The topological polar surface area (TPSA) is 120 Å². The average Bonchev–Trinajstić information content (AvgIpc) is 3.09. The van der Waals surface area contributed by atoms with Crippen molar-refractivity contribution >= 4 is 28.5 Å². The number of amides is 3. The van der Waals surface area contributed by atoms with Gasteiger partial charge in [0.15, 0.2) is 0 Å². The van der Waals surface area contributed by atoms with Crippen LogP contribution in [0, 0.1) is 0 Å². The summed E-state index contributed by atoms with van der Waals surface area (Å²) in [6, 6.07) is 21.3. The van der Waals surface area contributed by atoms with Gasteiger partial charge < -0.3 is 21.1 Å². The fourth-order valence-electron chi connectivity index (χ4n) is 5.26. The smallest absolute Gasteiger partial charge is 0.243 e. The molecular weight excluding hydrogens is 607 g/mol. The molecule has 0 radical (unpaired) electrons. The Morgan fingerprint density at radius 2 is 1.62 bits per heavy atom. The Bertz CT molecular complexity index is 1550. The van der Waals surface area contributed by atoms with E-state index in [0.717, 1.165) is 34.7 Å². The van der Waals surface area contributed by atoms with Gasteiger partial charge in [0.1, 0.15) is 24.1 Å². The number of hydrogen-bond acceptors (Lipinski definition) is 5. The van der Waals surface area contributed by atoms with Crippen molar-refractivity contribution in [2.45, 2.75) is 83.6 Å². The zero-order valence-electron chi connectivity index (χ0n) is 28.0. The van der Waals surface area contributed by atoms with Crippen LogP contribution in [0.25, 0.3) is 10.8 Å². The lowest BCUT2D eigenvalue weighted by Crippen LogP contribution is -2.54. The van der Waals surface area contributed by atoms with Gasteiger partial charge in [0, 0.05) is 19.4 Å². The van der Waals surface area contributed by atoms with Gasteiger partial charge >= 0.3 is 0 Å². The highest BCUT2D eigenvalue weighted by atomic mass is 19.1. The van der Waals surface area contributed by atoms with Crippen LogP contribution >= 0.6 is 0 Å². The summed E-state index contributed by atoms with van der Waals surface area (Å²) in [5, 5.41) is 24.2. The van der Waals surface area contributed by atoms with E-state index in [1.807, 2.05) is 72.8 Å². The van der Waals surface area contributed by atoms with E-state index in [0.29, 0.717) is 18.5 Å². The summed E-state index contributed by atoms with van der Waals surface area (Å²) < 4.78 is 13.5. The van der Waals surface area contributed by atoms with Crippen LogP contribution in [-0.4, -0.2) is 47.7 Å². The summed E-state index contributed by atoms with van der Waals surface area (Å²) in [5.74, 6) is -1.94. The first-order valence-corrected chi connectivity index (χ1v) is 16.7. The molecule has 3 amide bonds. The molecule has 3 rings (SSSR count). The molecule has 48 heavy (non-hydrogen) atoms. The molecule has 2 unspecified atom stereocenters. The molecular formula is C39H49FN4O4. The molecule has 0 aliphatic carbocycles. The van der Waals surface area contributed by atoms with Gasteiger partial charge in [-0.15, -0.1) is 0 Å². The fourth-order valence-corrected chi connectivity index (χ4v) is 5.26. The third-order valence-electron chi connectivity index (χ3n) is 8.03. The second-order valence-electron chi connectivity index (χ2n) is 11.8. The number of allylic oxidation sites excluding steroid dienone is 4. The second-order valence-corrected chi connectivity index (χ2v) is 11.8. The van der Waals surface area contributed by atoms with Crippen LogP contribution in [-0.2, 0) is 27.3 Å². The molecule has 3 atom stereocenters. The Labute approximate surface area is 283 Å². The number of aliphatic hydroxyl groups is 1. The number of aryl methyl sites for hydroxylation is 1. The number of halogens is 1. The molecule has 0 fully saturated rings. The lowest BCUT2D eigenvalue weighted by molar-refractivity contribution is -0.132. The fraction of sp³-hybridized carbons (Fsp3) is 0.359. The quantitative estimate of drug-likeness (QED) is 0.0588. The standard InChI is InChI=1S/C39H49FN4O4/c1-4-6-25-41-36(45)24-22-34(43-37(46)23-21-30-13-8-7-9-14-30)39(48)44-35(26-29(5-2)20-19-28(3)40)38(47)42-27-32-17-12-16-31-15-10-11-18-33(31)32/h5,7-20,34-36,41,45H,3-4,6,21-27H2,1-2H3,(H,42,47)(H,43,46)(H,44,48)/b20-19-,29-5+/t34-,35?,36?/m0/s1. The Balaban J connectivity index is 1.78. The lowest BCUT2D eigenvalue weighted by atomic mass is 10.0. The number of benzene rings is 3. The minimum Gasteiger partial charge on any atom is -0.379 e. The zero-order valence-corrected chi connectivity index (χ0v) is 28.0. The molecule has 0 saturated heterocycles. The predicted molar refractivity (Wildman–Crippen MR) is 190 cm³/mol. The molecule has 0 spiro atoms. The molecule has 0 bridgehead atoms. The third kappa shape index (κ3) is 13.3. The maximum atomic E-state index is 13.8. The second kappa shape index (κ2) is 20.6. The minimum absolute atomic E-state index is 0.0727. The van der Waals surface area contributed by atoms with Crippen LogP contribution in [0.5, 0.6) is 0 Å². The highest BCUT2D eigenvalue weighted by molar-refractivity contribution is 5.92. The lowest BCUT2D eigenvalue weighted by Gasteiger charge is -2.24. The summed E-state index contributed by atoms with van der Waals surface area (Å²) in [5.41, 5.74) is 2.52. The van der Waals surface area contributed by atoms with Gasteiger partial charge in [0.05, 0.1) is 0 Å². The van der Waals surface area contributed by atoms with Crippen LogP contribution in [0.15, 0.2) is 109 Å². The minimum atomic E-state index is -1.03. The Kier molecular flexibility index (Phi) is 16.2. The monoisotopic (exact) mass is 656 g/mol. The van der Waals surface area contributed by atoms with E-state index in [9.17, 15) is 23.9 Å². The summed E-state index contributed by atoms with van der Waals surface area (Å²) in [6.07, 6.45) is 6.54. The molecule has 3 aromatic carbocycles. The Morgan fingerprint density at radius 3 is 2.35 bits per heavy atom. The summed E-state index contributed by atoms with van der Waals surface area (Å²) in [4.78, 5) is 40.5. The van der Waals surface area contributed by atoms with Crippen molar-refractivity contribution < 1.29 is 23.9 Å². The van der Waals surface area contributed by atoms with E-state index in [1.165, 1.54) is 12.2 Å². The van der Waals surface area contributed by atoms with Crippen molar-refractivity contribution in [3.63, 3.8) is 0 Å². The van der Waals surface area contributed by atoms with Gasteiger partial charge in [0.2, 0.25) is 17.7 Å². The van der Waals surface area contributed by atoms with Crippen molar-refractivity contribution in [1.82, 2.24) is 21.3 Å². The molecule has 0 saturated carbocycles. The molecule has 0 heterocycles. The highest BCUT2D eigenvalue weighted by Gasteiger charge is 2.28. The number of fused-ring (bicyclic) bond motifs is 1. The van der Waals surface area contributed by atoms with Gasteiger partial charge in [-0.1, -0.05) is 105 Å². The van der Waals surface area contributed by atoms with E-state index in [1.54, 1.807) is 13.0 Å². The molecule has 3 aromatic rings. The first-order valence-electron chi connectivity index (χ1n) is 16.7. The van der Waals surface area contributed by atoms with E-state index < -0.39 is 36.0 Å². The first kappa shape index (κ1) is 37.9. The number of unbranched alkanes of at least 4 members (excludes halogenated alkanes) is 1. The summed E-state index contributed by atoms with van der Waals surface area (Å²) in [7, 11) is 0. The van der Waals surface area contributed by atoms with Crippen LogP contribution in [0.1, 0.15) is 63.5 Å². The average molecular weight is 657 g/mol. The van der Waals surface area contributed by atoms with Crippen molar-refractivity contribution in [3.05, 3.63) is 120 Å². The molecule has 0 aliphatic heterocycles. The van der Waals surface area contributed by atoms with Crippen LogP contribution in [0.4, 0.5) is 4.39 Å². The van der Waals surface area contributed by atoms with Gasteiger partial charge in [-0.2, -0.15) is 0 Å². The number of rotatable bonds is 20. The highest BCUT2D eigenvalue weighted by Crippen LogP contribution is 2.19. The number of hydrogen-bond donors (Lipinski definition) is 5. The molecule has 9 heteroatoms. The van der Waals surface area contributed by atoms with E-state index in [2.05, 4.69) is 34.8 Å².